The van der Waals surface area contributed by atoms with E-state index in [2.05, 4.69) is 0 Å². The Bertz CT molecular complexity index is 558. The predicted molar refractivity (Wildman–Crippen MR) is 74.2 cm³/mol. The maximum absolute atomic E-state index is 11.4. The quantitative estimate of drug-likeness (QED) is 0.829. The molecule has 0 spiro atoms. The molecule has 0 unspecified atom stereocenters. The van der Waals surface area contributed by atoms with Crippen LogP contribution in [-0.2, 0) is 11.4 Å². The van der Waals surface area contributed by atoms with Gasteiger partial charge in [0.2, 0.25) is 0 Å². The third kappa shape index (κ3) is 2.68. The van der Waals surface area contributed by atoms with Crippen LogP contribution in [-0.4, -0.2) is 5.78 Å². The fourth-order valence-electron chi connectivity index (χ4n) is 2.30. The summed E-state index contributed by atoms with van der Waals surface area (Å²) >= 11 is 0. The highest BCUT2D eigenvalue weighted by atomic mass is 16.5. The Hall–Kier alpha value is -2.09. The van der Waals surface area contributed by atoms with Crippen LogP contribution < -0.4 is 4.74 Å². The summed E-state index contributed by atoms with van der Waals surface area (Å²) < 4.78 is 5.72. The monoisotopic (exact) mass is 252 g/mol. The van der Waals surface area contributed by atoms with E-state index in [0.29, 0.717) is 12.4 Å². The van der Waals surface area contributed by atoms with Crippen molar-refractivity contribution in [2.24, 2.45) is 0 Å². The Kier molecular flexibility index (Phi) is 3.32. The molecule has 2 nitrogen and oxygen atoms in total. The highest BCUT2D eigenvalue weighted by Crippen LogP contribution is 2.33. The smallest absolute Gasteiger partial charge is 0.140 e. The van der Waals surface area contributed by atoms with Crippen molar-refractivity contribution < 1.29 is 9.53 Å². The van der Waals surface area contributed by atoms with Gasteiger partial charge in [-0.3, -0.25) is 4.79 Å². The average Bonchev–Trinajstić information content (AvgIpc) is 2.46. The number of Topliss-reactive ketones (excluding diaryl/α,β-unsaturated/α-hetero) is 1. The molecule has 2 aromatic rings. The minimum absolute atomic E-state index is 0.128. The molecule has 1 saturated carbocycles. The second kappa shape index (κ2) is 5.27. The van der Waals surface area contributed by atoms with E-state index in [0.717, 1.165) is 29.7 Å². The van der Waals surface area contributed by atoms with Gasteiger partial charge >= 0.3 is 0 Å². The van der Waals surface area contributed by atoms with E-state index >= 15 is 0 Å². The standard InChI is InChI=1S/C17H16O2/c18-17-11-10-16(17)14-6-8-15(9-7-14)19-12-13-4-2-1-3-5-13/h1-9,16H,10-12H2/t16-/m1/s1. The van der Waals surface area contributed by atoms with Gasteiger partial charge in [0, 0.05) is 12.3 Å². The lowest BCUT2D eigenvalue weighted by Crippen LogP contribution is -2.22. The first-order valence-electron chi connectivity index (χ1n) is 6.62. The maximum atomic E-state index is 11.4. The third-order valence-corrected chi connectivity index (χ3v) is 3.60. The minimum Gasteiger partial charge on any atom is -0.489 e. The minimum atomic E-state index is 0.128. The Morgan fingerprint density at radius 1 is 1.00 bits per heavy atom. The molecule has 0 radical (unpaired) electrons. The van der Waals surface area contributed by atoms with Crippen LogP contribution in [0.1, 0.15) is 29.9 Å². The molecule has 19 heavy (non-hydrogen) atoms. The van der Waals surface area contributed by atoms with Crippen molar-refractivity contribution in [2.75, 3.05) is 0 Å². The lowest BCUT2D eigenvalue weighted by atomic mass is 9.79. The topological polar surface area (TPSA) is 26.3 Å². The molecule has 0 saturated heterocycles. The molecule has 0 bridgehead atoms. The molecule has 0 N–H and O–H groups in total. The lowest BCUT2D eigenvalue weighted by Gasteiger charge is -2.24. The third-order valence-electron chi connectivity index (χ3n) is 3.60. The first-order chi connectivity index (χ1) is 9.33. The highest BCUT2D eigenvalue weighted by Gasteiger charge is 2.29. The van der Waals surface area contributed by atoms with Crippen molar-refractivity contribution >= 4 is 5.78 Å². The van der Waals surface area contributed by atoms with Crippen LogP contribution in [0.3, 0.4) is 0 Å². The molecule has 0 amide bonds. The molecule has 1 atom stereocenters. The van der Waals surface area contributed by atoms with Gasteiger partial charge in [-0.25, -0.2) is 0 Å². The molecule has 2 aromatic carbocycles. The second-order valence-corrected chi connectivity index (χ2v) is 4.90. The van der Waals surface area contributed by atoms with Gasteiger partial charge in [-0.2, -0.15) is 0 Å². The Morgan fingerprint density at radius 3 is 2.32 bits per heavy atom. The van der Waals surface area contributed by atoms with Gasteiger partial charge in [0.25, 0.3) is 0 Å². The van der Waals surface area contributed by atoms with E-state index in [9.17, 15) is 4.79 Å². The molecule has 1 aliphatic rings. The van der Waals surface area contributed by atoms with Gasteiger partial charge < -0.3 is 4.74 Å². The first kappa shape index (κ1) is 12.0. The summed E-state index contributed by atoms with van der Waals surface area (Å²) in [6.07, 6.45) is 1.72. The van der Waals surface area contributed by atoms with Crippen LogP contribution in [0.15, 0.2) is 54.6 Å². The zero-order valence-electron chi connectivity index (χ0n) is 10.7. The summed E-state index contributed by atoms with van der Waals surface area (Å²) in [5.74, 6) is 1.33. The average molecular weight is 252 g/mol. The molecule has 1 aliphatic carbocycles. The summed E-state index contributed by atoms with van der Waals surface area (Å²) in [7, 11) is 0. The first-order valence-corrected chi connectivity index (χ1v) is 6.62. The molecule has 96 valence electrons. The van der Waals surface area contributed by atoms with E-state index in [1.54, 1.807) is 0 Å². The Labute approximate surface area is 113 Å². The van der Waals surface area contributed by atoms with Gasteiger partial charge in [0.15, 0.2) is 0 Å². The van der Waals surface area contributed by atoms with E-state index in [-0.39, 0.29) is 5.92 Å². The van der Waals surface area contributed by atoms with Crippen LogP contribution in [0.5, 0.6) is 5.75 Å². The fraction of sp³-hybridized carbons (Fsp3) is 0.235. The van der Waals surface area contributed by atoms with Gasteiger partial charge in [-0.05, 0) is 29.7 Å². The highest BCUT2D eigenvalue weighted by molar-refractivity contribution is 5.91. The number of carbonyl (C=O) groups is 1. The van der Waals surface area contributed by atoms with E-state index in [4.69, 9.17) is 4.74 Å². The molecule has 3 rings (SSSR count). The number of rotatable bonds is 4. The van der Waals surface area contributed by atoms with E-state index in [1.807, 2.05) is 54.6 Å². The summed E-state index contributed by atoms with van der Waals surface area (Å²) in [6, 6.07) is 18.0. The Morgan fingerprint density at radius 2 is 1.74 bits per heavy atom. The number of benzene rings is 2. The van der Waals surface area contributed by atoms with Crippen molar-refractivity contribution in [1.29, 1.82) is 0 Å². The second-order valence-electron chi connectivity index (χ2n) is 4.90. The molecule has 0 aliphatic heterocycles. The molecular formula is C17H16O2. The molecule has 2 heteroatoms. The largest absolute Gasteiger partial charge is 0.489 e. The number of ether oxygens (including phenoxy) is 1. The lowest BCUT2D eigenvalue weighted by molar-refractivity contribution is -0.125. The van der Waals surface area contributed by atoms with Gasteiger partial charge in [0.1, 0.15) is 18.1 Å². The molecular weight excluding hydrogens is 236 g/mol. The summed E-state index contributed by atoms with van der Waals surface area (Å²) in [5, 5.41) is 0. The number of hydrogen-bond donors (Lipinski definition) is 0. The summed E-state index contributed by atoms with van der Waals surface area (Å²) in [4.78, 5) is 11.4. The fourth-order valence-corrected chi connectivity index (χ4v) is 2.30. The van der Waals surface area contributed by atoms with Crippen molar-refractivity contribution in [3.05, 3.63) is 65.7 Å². The van der Waals surface area contributed by atoms with E-state index in [1.165, 1.54) is 0 Å². The normalized spacial score (nSPS) is 17.9. The number of hydrogen-bond acceptors (Lipinski definition) is 2. The zero-order chi connectivity index (χ0) is 13.1. The summed E-state index contributed by atoms with van der Waals surface area (Å²) in [6.45, 7) is 0.572. The van der Waals surface area contributed by atoms with Gasteiger partial charge in [0.05, 0.1) is 0 Å². The van der Waals surface area contributed by atoms with Gasteiger partial charge in [-0.1, -0.05) is 42.5 Å². The number of ketones is 1. The van der Waals surface area contributed by atoms with Crippen molar-refractivity contribution in [3.8, 4) is 5.75 Å². The van der Waals surface area contributed by atoms with Crippen LogP contribution >= 0.6 is 0 Å². The molecule has 1 fully saturated rings. The molecule has 0 aromatic heterocycles. The maximum Gasteiger partial charge on any atom is 0.140 e. The van der Waals surface area contributed by atoms with Crippen LogP contribution in [0, 0.1) is 0 Å². The van der Waals surface area contributed by atoms with Crippen molar-refractivity contribution in [3.63, 3.8) is 0 Å². The predicted octanol–water partition coefficient (Wildman–Crippen LogP) is 3.71. The summed E-state index contributed by atoms with van der Waals surface area (Å²) in [5.41, 5.74) is 2.27. The van der Waals surface area contributed by atoms with Crippen LogP contribution in [0.25, 0.3) is 0 Å². The van der Waals surface area contributed by atoms with Crippen LogP contribution in [0.4, 0.5) is 0 Å². The van der Waals surface area contributed by atoms with Crippen molar-refractivity contribution in [1.82, 2.24) is 0 Å². The van der Waals surface area contributed by atoms with Crippen LogP contribution in [0.2, 0.25) is 0 Å². The van der Waals surface area contributed by atoms with Crippen molar-refractivity contribution in [2.45, 2.75) is 25.4 Å². The van der Waals surface area contributed by atoms with E-state index < -0.39 is 0 Å². The molecule has 0 heterocycles. The van der Waals surface area contributed by atoms with Gasteiger partial charge in [-0.15, -0.1) is 0 Å². The zero-order valence-corrected chi connectivity index (χ0v) is 10.7. The number of carbonyl (C=O) groups excluding carboxylic acids is 1. The SMILES string of the molecule is O=C1CC[C@@H]1c1ccc(OCc2ccccc2)cc1. The Balaban J connectivity index is 1.61.